The van der Waals surface area contributed by atoms with Crippen molar-refractivity contribution in [1.82, 2.24) is 14.8 Å². The summed E-state index contributed by atoms with van der Waals surface area (Å²) in [7, 11) is 0. The fraction of sp³-hybridized carbons (Fsp3) is 0.211. The highest BCUT2D eigenvalue weighted by Crippen LogP contribution is 2.41. The number of amides is 1. The maximum Gasteiger partial charge on any atom is 0.298 e. The van der Waals surface area contributed by atoms with Gasteiger partial charge in [-0.3, -0.25) is 4.79 Å². The van der Waals surface area contributed by atoms with E-state index in [-0.39, 0.29) is 17.8 Å². The van der Waals surface area contributed by atoms with Crippen molar-refractivity contribution in [2.75, 3.05) is 4.90 Å². The molecule has 0 saturated heterocycles. The molecule has 0 radical (unpaired) electrons. The summed E-state index contributed by atoms with van der Waals surface area (Å²) in [6.45, 7) is 4.21. The predicted molar refractivity (Wildman–Crippen MR) is 99.4 cm³/mol. The van der Waals surface area contributed by atoms with Gasteiger partial charge in [0.05, 0.1) is 11.4 Å². The van der Waals surface area contributed by atoms with Crippen LogP contribution in [0.5, 0.6) is 0 Å². The molecule has 1 aliphatic rings. The number of carbonyl (C=O) groups is 1. The van der Waals surface area contributed by atoms with Crippen molar-refractivity contribution in [3.05, 3.63) is 66.7 Å². The fourth-order valence-electron chi connectivity index (χ4n) is 2.95. The van der Waals surface area contributed by atoms with Gasteiger partial charge < -0.3 is 4.90 Å². The molecule has 1 amide bonds. The quantitative estimate of drug-likeness (QED) is 0.705. The van der Waals surface area contributed by atoms with Crippen LogP contribution >= 0.6 is 11.8 Å². The van der Waals surface area contributed by atoms with Crippen molar-refractivity contribution >= 4 is 23.4 Å². The number of hydrogen-bond donors (Lipinski definition) is 0. The zero-order chi connectivity index (χ0) is 17.4. The van der Waals surface area contributed by atoms with Crippen molar-refractivity contribution in [2.45, 2.75) is 30.0 Å². The number of anilines is 1. The van der Waals surface area contributed by atoms with Crippen LogP contribution in [0.1, 0.15) is 24.5 Å². The maximum absolute atomic E-state index is 13.1. The average molecular weight is 350 g/mol. The molecule has 0 spiro atoms. The summed E-state index contributed by atoms with van der Waals surface area (Å²) in [5.41, 5.74) is 1.81. The molecule has 2 atom stereocenters. The second-order valence-electron chi connectivity index (χ2n) is 6.05. The molecule has 1 aliphatic heterocycles. The highest BCUT2D eigenvalue weighted by molar-refractivity contribution is 8.00. The molecule has 2 heterocycles. The summed E-state index contributed by atoms with van der Waals surface area (Å²) in [5.74, 6) is 0.0476. The number of thioether (sulfide) groups is 1. The first kappa shape index (κ1) is 15.9. The third kappa shape index (κ3) is 2.82. The van der Waals surface area contributed by atoms with Crippen molar-refractivity contribution in [1.29, 1.82) is 0 Å². The van der Waals surface area contributed by atoms with E-state index < -0.39 is 0 Å². The molecule has 6 heteroatoms. The molecule has 126 valence electrons. The zero-order valence-corrected chi connectivity index (χ0v) is 14.9. The Morgan fingerprint density at radius 1 is 1.04 bits per heavy atom. The molecule has 1 aromatic heterocycles. The standard InChI is InChI=1S/C19H18N4OS/c1-13-14(2)25-17-11-7-6-10-16(17)23(13)19(24)18-20-12-22(21-18)15-8-4-3-5-9-15/h3-14H,1-2H3/t13-,14+/m0/s1. The van der Waals surface area contributed by atoms with E-state index in [4.69, 9.17) is 0 Å². The Bertz CT molecular complexity index is 909. The summed E-state index contributed by atoms with van der Waals surface area (Å²) >= 11 is 1.80. The Morgan fingerprint density at radius 3 is 2.56 bits per heavy atom. The number of benzene rings is 2. The highest BCUT2D eigenvalue weighted by atomic mass is 32.2. The summed E-state index contributed by atoms with van der Waals surface area (Å²) in [4.78, 5) is 20.3. The predicted octanol–water partition coefficient (Wildman–Crippen LogP) is 3.80. The molecule has 0 unspecified atom stereocenters. The van der Waals surface area contributed by atoms with Crippen LogP contribution in [0, 0.1) is 0 Å². The molecule has 25 heavy (non-hydrogen) atoms. The van der Waals surface area contributed by atoms with Gasteiger partial charge in [0.25, 0.3) is 5.91 Å². The van der Waals surface area contributed by atoms with E-state index in [1.165, 1.54) is 0 Å². The van der Waals surface area contributed by atoms with Crippen LogP contribution in [0.15, 0.2) is 65.8 Å². The van der Waals surface area contributed by atoms with E-state index in [2.05, 4.69) is 30.0 Å². The lowest BCUT2D eigenvalue weighted by Crippen LogP contribution is -2.46. The number of rotatable bonds is 2. The Labute approximate surface area is 150 Å². The van der Waals surface area contributed by atoms with E-state index in [0.717, 1.165) is 16.3 Å². The number of fused-ring (bicyclic) bond motifs is 1. The summed E-state index contributed by atoms with van der Waals surface area (Å²) < 4.78 is 1.63. The van der Waals surface area contributed by atoms with Crippen LogP contribution in [0.4, 0.5) is 5.69 Å². The summed E-state index contributed by atoms with van der Waals surface area (Å²) in [6.07, 6.45) is 1.58. The zero-order valence-electron chi connectivity index (χ0n) is 14.0. The molecule has 0 saturated carbocycles. The molecule has 0 fully saturated rings. The van der Waals surface area contributed by atoms with Crippen molar-refractivity contribution in [3.63, 3.8) is 0 Å². The topological polar surface area (TPSA) is 51.0 Å². The molecule has 3 aromatic rings. The summed E-state index contributed by atoms with van der Waals surface area (Å²) in [5, 5.41) is 4.70. The SMILES string of the molecule is C[C@H]1Sc2ccccc2N(C(=O)c2ncn(-c3ccccc3)n2)[C@H]1C. The molecule has 2 aromatic carbocycles. The van der Waals surface area contributed by atoms with Gasteiger partial charge in [0, 0.05) is 16.2 Å². The minimum Gasteiger partial charge on any atom is -0.301 e. The monoisotopic (exact) mass is 350 g/mol. The summed E-state index contributed by atoms with van der Waals surface area (Å²) in [6, 6.07) is 17.7. The average Bonchev–Trinajstić information content (AvgIpc) is 3.13. The van der Waals surface area contributed by atoms with Gasteiger partial charge in [-0.2, -0.15) is 0 Å². The minimum absolute atomic E-state index is 0.0658. The van der Waals surface area contributed by atoms with Gasteiger partial charge in [0.15, 0.2) is 0 Å². The van der Waals surface area contributed by atoms with Gasteiger partial charge in [0.2, 0.25) is 5.82 Å². The molecular weight excluding hydrogens is 332 g/mol. The largest absolute Gasteiger partial charge is 0.301 e. The third-order valence-electron chi connectivity index (χ3n) is 4.45. The van der Waals surface area contributed by atoms with E-state index in [9.17, 15) is 4.79 Å². The second kappa shape index (κ2) is 6.37. The van der Waals surface area contributed by atoms with Crippen LogP contribution in [0.2, 0.25) is 0 Å². The third-order valence-corrected chi connectivity index (χ3v) is 5.81. The van der Waals surface area contributed by atoms with Crippen LogP contribution in [-0.2, 0) is 0 Å². The number of carbonyl (C=O) groups excluding carboxylic acids is 1. The lowest BCUT2D eigenvalue weighted by molar-refractivity contribution is 0.0967. The molecule has 0 N–H and O–H groups in total. The highest BCUT2D eigenvalue weighted by Gasteiger charge is 2.35. The molecule has 5 nitrogen and oxygen atoms in total. The van der Waals surface area contributed by atoms with E-state index in [1.807, 2.05) is 53.4 Å². The lowest BCUT2D eigenvalue weighted by Gasteiger charge is -2.38. The Balaban J connectivity index is 1.70. The van der Waals surface area contributed by atoms with Gasteiger partial charge in [-0.1, -0.05) is 37.3 Å². The Kier molecular flexibility index (Phi) is 4.05. The molecule has 4 rings (SSSR count). The second-order valence-corrected chi connectivity index (χ2v) is 7.47. The van der Waals surface area contributed by atoms with Gasteiger partial charge in [-0.25, -0.2) is 9.67 Å². The molecular formula is C19H18N4OS. The van der Waals surface area contributed by atoms with Gasteiger partial charge in [-0.15, -0.1) is 16.9 Å². The van der Waals surface area contributed by atoms with E-state index in [0.29, 0.717) is 5.25 Å². The van der Waals surface area contributed by atoms with E-state index in [1.54, 1.807) is 22.8 Å². The van der Waals surface area contributed by atoms with Crippen molar-refractivity contribution in [2.24, 2.45) is 0 Å². The fourth-order valence-corrected chi connectivity index (χ4v) is 4.12. The smallest absolute Gasteiger partial charge is 0.298 e. The first-order valence-corrected chi connectivity index (χ1v) is 9.09. The maximum atomic E-state index is 13.1. The lowest BCUT2D eigenvalue weighted by atomic mass is 10.1. The van der Waals surface area contributed by atoms with Gasteiger partial charge >= 0.3 is 0 Å². The van der Waals surface area contributed by atoms with Crippen molar-refractivity contribution < 1.29 is 4.79 Å². The van der Waals surface area contributed by atoms with Crippen LogP contribution in [-0.4, -0.2) is 32.0 Å². The Hall–Kier alpha value is -2.60. The minimum atomic E-state index is -0.165. The van der Waals surface area contributed by atoms with Gasteiger partial charge in [-0.05, 0) is 31.2 Å². The Morgan fingerprint density at radius 2 is 1.76 bits per heavy atom. The number of para-hydroxylation sites is 2. The van der Waals surface area contributed by atoms with Crippen LogP contribution in [0.25, 0.3) is 5.69 Å². The van der Waals surface area contributed by atoms with Crippen molar-refractivity contribution in [3.8, 4) is 5.69 Å². The first-order chi connectivity index (χ1) is 12.1. The molecule has 0 aliphatic carbocycles. The normalized spacial score (nSPS) is 19.5. The van der Waals surface area contributed by atoms with Crippen LogP contribution in [0.3, 0.4) is 0 Å². The van der Waals surface area contributed by atoms with Crippen LogP contribution < -0.4 is 4.90 Å². The molecule has 0 bridgehead atoms. The number of nitrogens with zero attached hydrogens (tertiary/aromatic N) is 4. The number of aromatic nitrogens is 3. The number of hydrogen-bond acceptors (Lipinski definition) is 4. The first-order valence-electron chi connectivity index (χ1n) is 8.21. The van der Waals surface area contributed by atoms with E-state index >= 15 is 0 Å². The van der Waals surface area contributed by atoms with Gasteiger partial charge in [0.1, 0.15) is 6.33 Å².